The maximum absolute atomic E-state index is 12.5. The van der Waals surface area contributed by atoms with E-state index in [2.05, 4.69) is 10.4 Å². The Labute approximate surface area is 133 Å². The van der Waals surface area contributed by atoms with Crippen LogP contribution in [-0.2, 0) is 13.6 Å². The largest absolute Gasteiger partial charge is 0.346 e. The standard InChI is InChI=1S/C18H17N3O2/c1-12-6-5-7-13(10-12)11-19-18(23)16-17(22)14-8-3-4-9-15(14)21(2)20-16/h3-10H,11H2,1-2H3,(H,19,23). The molecule has 1 heterocycles. The Morgan fingerprint density at radius 2 is 1.96 bits per heavy atom. The highest BCUT2D eigenvalue weighted by molar-refractivity contribution is 5.95. The van der Waals surface area contributed by atoms with Crippen LogP contribution in [0.3, 0.4) is 0 Å². The molecule has 5 heteroatoms. The molecule has 23 heavy (non-hydrogen) atoms. The SMILES string of the molecule is Cc1cccc(CNC(=O)c2nn(C)c3ccccc3c2=O)c1. The maximum Gasteiger partial charge on any atom is 0.276 e. The van der Waals surface area contributed by atoms with Gasteiger partial charge >= 0.3 is 0 Å². The van der Waals surface area contributed by atoms with Crippen molar-refractivity contribution in [1.82, 2.24) is 15.1 Å². The second-order valence-corrected chi connectivity index (χ2v) is 5.49. The van der Waals surface area contributed by atoms with Crippen LogP contribution < -0.4 is 10.7 Å². The smallest absolute Gasteiger partial charge is 0.276 e. The predicted molar refractivity (Wildman–Crippen MR) is 89.3 cm³/mol. The molecule has 3 rings (SSSR count). The van der Waals surface area contributed by atoms with Crippen LogP contribution in [0.15, 0.2) is 53.3 Å². The summed E-state index contributed by atoms with van der Waals surface area (Å²) in [4.78, 5) is 24.8. The highest BCUT2D eigenvalue weighted by Crippen LogP contribution is 2.08. The summed E-state index contributed by atoms with van der Waals surface area (Å²) in [6.07, 6.45) is 0. The highest BCUT2D eigenvalue weighted by atomic mass is 16.2. The molecule has 3 aromatic rings. The van der Waals surface area contributed by atoms with Crippen molar-refractivity contribution in [2.24, 2.45) is 7.05 Å². The van der Waals surface area contributed by atoms with Gasteiger partial charge in [-0.05, 0) is 24.6 Å². The van der Waals surface area contributed by atoms with E-state index in [0.29, 0.717) is 17.4 Å². The molecule has 2 aromatic carbocycles. The van der Waals surface area contributed by atoms with E-state index in [9.17, 15) is 9.59 Å². The van der Waals surface area contributed by atoms with E-state index in [1.807, 2.05) is 37.3 Å². The Hall–Kier alpha value is -2.95. The summed E-state index contributed by atoms with van der Waals surface area (Å²) in [5.74, 6) is -0.460. The van der Waals surface area contributed by atoms with Gasteiger partial charge in [-0.2, -0.15) is 5.10 Å². The molecule has 0 spiro atoms. The van der Waals surface area contributed by atoms with Gasteiger partial charge in [-0.15, -0.1) is 0 Å². The van der Waals surface area contributed by atoms with Crippen LogP contribution >= 0.6 is 0 Å². The lowest BCUT2D eigenvalue weighted by molar-refractivity contribution is 0.0943. The third-order valence-electron chi connectivity index (χ3n) is 3.71. The molecule has 0 radical (unpaired) electrons. The van der Waals surface area contributed by atoms with Crippen molar-refractivity contribution in [1.29, 1.82) is 0 Å². The van der Waals surface area contributed by atoms with Gasteiger partial charge in [0.05, 0.1) is 5.52 Å². The summed E-state index contributed by atoms with van der Waals surface area (Å²) in [5, 5.41) is 7.37. The van der Waals surface area contributed by atoms with Gasteiger partial charge in [-0.1, -0.05) is 42.0 Å². The Morgan fingerprint density at radius 3 is 2.74 bits per heavy atom. The fraction of sp³-hybridized carbons (Fsp3) is 0.167. The van der Waals surface area contributed by atoms with Crippen LogP contribution in [0.5, 0.6) is 0 Å². The van der Waals surface area contributed by atoms with Gasteiger partial charge in [0, 0.05) is 19.0 Å². The molecule has 0 aliphatic rings. The first kappa shape index (κ1) is 15.0. The summed E-state index contributed by atoms with van der Waals surface area (Å²) in [6, 6.07) is 15.0. The number of aryl methyl sites for hydroxylation is 2. The molecule has 1 aromatic heterocycles. The first-order valence-electron chi connectivity index (χ1n) is 7.36. The van der Waals surface area contributed by atoms with Crippen molar-refractivity contribution >= 4 is 16.8 Å². The monoisotopic (exact) mass is 307 g/mol. The number of nitrogens with zero attached hydrogens (tertiary/aromatic N) is 2. The normalized spacial score (nSPS) is 10.7. The van der Waals surface area contributed by atoms with Gasteiger partial charge in [0.15, 0.2) is 5.69 Å². The number of aromatic nitrogens is 2. The second-order valence-electron chi connectivity index (χ2n) is 5.49. The van der Waals surface area contributed by atoms with Crippen LogP contribution in [-0.4, -0.2) is 15.7 Å². The Bertz CT molecular complexity index is 944. The zero-order chi connectivity index (χ0) is 16.4. The van der Waals surface area contributed by atoms with Crippen molar-refractivity contribution in [3.8, 4) is 0 Å². The fourth-order valence-corrected chi connectivity index (χ4v) is 2.56. The van der Waals surface area contributed by atoms with E-state index in [0.717, 1.165) is 11.1 Å². The molecule has 1 N–H and O–H groups in total. The number of fused-ring (bicyclic) bond motifs is 1. The van der Waals surface area contributed by atoms with Crippen LogP contribution in [0.25, 0.3) is 10.9 Å². The third-order valence-corrected chi connectivity index (χ3v) is 3.71. The number of amides is 1. The van der Waals surface area contributed by atoms with Crippen molar-refractivity contribution in [3.05, 3.63) is 75.6 Å². The molecule has 5 nitrogen and oxygen atoms in total. The fourth-order valence-electron chi connectivity index (χ4n) is 2.56. The van der Waals surface area contributed by atoms with Crippen molar-refractivity contribution in [3.63, 3.8) is 0 Å². The maximum atomic E-state index is 12.5. The minimum absolute atomic E-state index is 0.0844. The van der Waals surface area contributed by atoms with Crippen molar-refractivity contribution in [2.45, 2.75) is 13.5 Å². The Balaban J connectivity index is 1.89. The Kier molecular flexibility index (Phi) is 3.93. The molecule has 116 valence electrons. The lowest BCUT2D eigenvalue weighted by atomic mass is 10.1. The molecule has 0 aliphatic carbocycles. The van der Waals surface area contributed by atoms with Crippen molar-refractivity contribution in [2.75, 3.05) is 0 Å². The van der Waals surface area contributed by atoms with E-state index in [1.54, 1.807) is 29.9 Å². The third kappa shape index (κ3) is 2.99. The van der Waals surface area contributed by atoms with Crippen LogP contribution in [0.2, 0.25) is 0 Å². The molecule has 0 fully saturated rings. The topological polar surface area (TPSA) is 64.0 Å². The summed E-state index contributed by atoms with van der Waals surface area (Å²) in [7, 11) is 1.72. The summed E-state index contributed by atoms with van der Waals surface area (Å²) < 4.78 is 1.55. The zero-order valence-corrected chi connectivity index (χ0v) is 13.0. The van der Waals surface area contributed by atoms with Crippen LogP contribution in [0.1, 0.15) is 21.6 Å². The summed E-state index contributed by atoms with van der Waals surface area (Å²) in [5.41, 5.74) is 2.37. The van der Waals surface area contributed by atoms with E-state index < -0.39 is 5.91 Å². The van der Waals surface area contributed by atoms with Gasteiger partial charge in [0.1, 0.15) is 0 Å². The molecular formula is C18H17N3O2. The first-order chi connectivity index (χ1) is 11.1. The van der Waals surface area contributed by atoms with E-state index >= 15 is 0 Å². The van der Waals surface area contributed by atoms with Gasteiger partial charge in [-0.3, -0.25) is 14.3 Å². The lowest BCUT2D eigenvalue weighted by Gasteiger charge is -2.08. The predicted octanol–water partition coefficient (Wildman–Crippen LogP) is 2.17. The minimum atomic E-state index is -0.460. The van der Waals surface area contributed by atoms with Crippen LogP contribution in [0, 0.1) is 6.92 Å². The molecular weight excluding hydrogens is 290 g/mol. The van der Waals surface area contributed by atoms with Gasteiger partial charge in [-0.25, -0.2) is 0 Å². The number of carbonyl (C=O) groups excluding carboxylic acids is 1. The molecule has 0 unspecified atom stereocenters. The first-order valence-corrected chi connectivity index (χ1v) is 7.36. The van der Waals surface area contributed by atoms with Gasteiger partial charge in [0.2, 0.25) is 5.43 Å². The Morgan fingerprint density at radius 1 is 1.17 bits per heavy atom. The average molecular weight is 307 g/mol. The van der Waals surface area contributed by atoms with Crippen LogP contribution in [0.4, 0.5) is 0 Å². The molecule has 0 bridgehead atoms. The quantitative estimate of drug-likeness (QED) is 0.806. The summed E-state index contributed by atoms with van der Waals surface area (Å²) in [6.45, 7) is 2.35. The summed E-state index contributed by atoms with van der Waals surface area (Å²) >= 11 is 0. The number of rotatable bonds is 3. The van der Waals surface area contributed by atoms with Gasteiger partial charge < -0.3 is 5.32 Å². The number of benzene rings is 2. The van der Waals surface area contributed by atoms with Gasteiger partial charge in [0.25, 0.3) is 5.91 Å². The second kappa shape index (κ2) is 6.04. The number of para-hydroxylation sites is 1. The minimum Gasteiger partial charge on any atom is -0.346 e. The van der Waals surface area contributed by atoms with Crippen molar-refractivity contribution < 1.29 is 4.79 Å². The number of hydrogen-bond acceptors (Lipinski definition) is 3. The molecule has 0 aliphatic heterocycles. The zero-order valence-electron chi connectivity index (χ0n) is 13.0. The number of hydrogen-bond donors (Lipinski definition) is 1. The average Bonchev–Trinajstić information content (AvgIpc) is 2.56. The lowest BCUT2D eigenvalue weighted by Crippen LogP contribution is -2.31. The van der Waals surface area contributed by atoms with E-state index in [-0.39, 0.29) is 11.1 Å². The van der Waals surface area contributed by atoms with E-state index in [4.69, 9.17) is 0 Å². The molecule has 0 saturated heterocycles. The highest BCUT2D eigenvalue weighted by Gasteiger charge is 2.15. The number of carbonyl (C=O) groups is 1. The van der Waals surface area contributed by atoms with E-state index in [1.165, 1.54) is 0 Å². The molecule has 0 saturated carbocycles. The molecule has 0 atom stereocenters. The molecule has 1 amide bonds. The number of nitrogens with one attached hydrogen (secondary N) is 1.